The number of rotatable bonds is 3. The Morgan fingerprint density at radius 1 is 1.44 bits per heavy atom. The van der Waals surface area contributed by atoms with Gasteiger partial charge in [-0.25, -0.2) is 0 Å². The van der Waals surface area contributed by atoms with Crippen molar-refractivity contribution in [3.05, 3.63) is 29.8 Å². The Kier molecular flexibility index (Phi) is 4.37. The van der Waals surface area contributed by atoms with Crippen LogP contribution in [0.1, 0.15) is 38.7 Å². The van der Waals surface area contributed by atoms with E-state index in [1.54, 1.807) is 0 Å². The van der Waals surface area contributed by atoms with Crippen LogP contribution in [0.15, 0.2) is 24.3 Å². The third-order valence-corrected chi connectivity index (χ3v) is 3.43. The molecule has 18 heavy (non-hydrogen) atoms. The van der Waals surface area contributed by atoms with Gasteiger partial charge in [-0.05, 0) is 25.0 Å². The van der Waals surface area contributed by atoms with Gasteiger partial charge in [0.15, 0.2) is 0 Å². The molecule has 1 heterocycles. The Bertz CT molecular complexity index is 417. The number of fused-ring (bicyclic) bond motifs is 1. The molecule has 3 nitrogen and oxygen atoms in total. The van der Waals surface area contributed by atoms with Crippen molar-refractivity contribution >= 4 is 11.6 Å². The van der Waals surface area contributed by atoms with Gasteiger partial charge in [0, 0.05) is 31.2 Å². The van der Waals surface area contributed by atoms with E-state index in [1.165, 1.54) is 5.56 Å². The van der Waals surface area contributed by atoms with Crippen molar-refractivity contribution in [3.63, 3.8) is 0 Å². The number of carbonyl (C=O) groups is 1. The van der Waals surface area contributed by atoms with Crippen LogP contribution in [-0.4, -0.2) is 18.5 Å². The molecule has 1 unspecified atom stereocenters. The first-order valence-corrected chi connectivity index (χ1v) is 6.84. The van der Waals surface area contributed by atoms with E-state index in [9.17, 15) is 4.79 Å². The fraction of sp³-hybridized carbons (Fsp3) is 0.533. The van der Waals surface area contributed by atoms with Crippen LogP contribution in [0.25, 0.3) is 0 Å². The van der Waals surface area contributed by atoms with Gasteiger partial charge in [0.25, 0.3) is 0 Å². The molecule has 0 saturated carbocycles. The van der Waals surface area contributed by atoms with Gasteiger partial charge in [-0.2, -0.15) is 0 Å². The quantitative estimate of drug-likeness (QED) is 0.889. The SMILES string of the molecule is CCCCC(=O)N1CC(C)NCc2ccccc21. The molecule has 3 heteroatoms. The molecule has 98 valence electrons. The van der Waals surface area contributed by atoms with Gasteiger partial charge in [-0.1, -0.05) is 31.5 Å². The minimum absolute atomic E-state index is 0.250. The van der Waals surface area contributed by atoms with E-state index in [2.05, 4.69) is 31.3 Å². The van der Waals surface area contributed by atoms with Gasteiger partial charge in [0.1, 0.15) is 0 Å². The summed E-state index contributed by atoms with van der Waals surface area (Å²) < 4.78 is 0. The number of benzene rings is 1. The fourth-order valence-electron chi connectivity index (χ4n) is 2.34. The van der Waals surface area contributed by atoms with Gasteiger partial charge in [-0.3, -0.25) is 4.79 Å². The van der Waals surface area contributed by atoms with Crippen molar-refractivity contribution in [3.8, 4) is 0 Å². The molecule has 1 aliphatic heterocycles. The smallest absolute Gasteiger partial charge is 0.227 e. The zero-order valence-electron chi connectivity index (χ0n) is 11.3. The summed E-state index contributed by atoms with van der Waals surface area (Å²) in [7, 11) is 0. The average Bonchev–Trinajstić information content (AvgIpc) is 2.56. The molecule has 0 aliphatic carbocycles. The summed E-state index contributed by atoms with van der Waals surface area (Å²) in [6.45, 7) is 5.86. The van der Waals surface area contributed by atoms with Gasteiger partial charge >= 0.3 is 0 Å². The van der Waals surface area contributed by atoms with E-state index in [0.29, 0.717) is 12.5 Å². The maximum atomic E-state index is 12.3. The lowest BCUT2D eigenvalue weighted by Gasteiger charge is -2.24. The summed E-state index contributed by atoms with van der Waals surface area (Å²) in [4.78, 5) is 14.3. The predicted octanol–water partition coefficient (Wildman–Crippen LogP) is 2.70. The lowest BCUT2D eigenvalue weighted by molar-refractivity contribution is -0.118. The lowest BCUT2D eigenvalue weighted by Crippen LogP contribution is -2.39. The van der Waals surface area contributed by atoms with Crippen LogP contribution in [0, 0.1) is 0 Å². The molecule has 1 N–H and O–H groups in total. The number of carbonyl (C=O) groups excluding carboxylic acids is 1. The van der Waals surface area contributed by atoms with Crippen LogP contribution < -0.4 is 10.2 Å². The highest BCUT2D eigenvalue weighted by atomic mass is 16.2. The van der Waals surface area contributed by atoms with E-state index in [4.69, 9.17) is 0 Å². The Labute approximate surface area is 109 Å². The van der Waals surface area contributed by atoms with Crippen LogP contribution in [0.3, 0.4) is 0 Å². The number of nitrogens with one attached hydrogen (secondary N) is 1. The monoisotopic (exact) mass is 246 g/mol. The molecule has 0 saturated heterocycles. The highest BCUT2D eigenvalue weighted by Gasteiger charge is 2.23. The van der Waals surface area contributed by atoms with Crippen molar-refractivity contribution in [1.82, 2.24) is 5.32 Å². The lowest BCUT2D eigenvalue weighted by atomic mass is 10.1. The predicted molar refractivity (Wildman–Crippen MR) is 74.6 cm³/mol. The number of hydrogen-bond acceptors (Lipinski definition) is 2. The minimum atomic E-state index is 0.250. The third-order valence-electron chi connectivity index (χ3n) is 3.43. The molecule has 0 aromatic heterocycles. The summed E-state index contributed by atoms with van der Waals surface area (Å²) in [5, 5.41) is 3.45. The first kappa shape index (κ1) is 13.1. The summed E-state index contributed by atoms with van der Waals surface area (Å²) in [6.07, 6.45) is 2.69. The van der Waals surface area contributed by atoms with Crippen molar-refractivity contribution in [1.29, 1.82) is 0 Å². The average molecular weight is 246 g/mol. The summed E-state index contributed by atoms with van der Waals surface area (Å²) in [5.41, 5.74) is 2.29. The molecule has 1 atom stereocenters. The molecular weight excluding hydrogens is 224 g/mol. The molecule has 1 aliphatic rings. The Morgan fingerprint density at radius 2 is 2.22 bits per heavy atom. The Morgan fingerprint density at radius 3 is 3.00 bits per heavy atom. The summed E-state index contributed by atoms with van der Waals surface area (Å²) in [6, 6.07) is 8.53. The summed E-state index contributed by atoms with van der Waals surface area (Å²) in [5.74, 6) is 0.250. The molecular formula is C15H22N2O. The minimum Gasteiger partial charge on any atom is -0.311 e. The second-order valence-electron chi connectivity index (χ2n) is 5.02. The van der Waals surface area contributed by atoms with Crippen LogP contribution in [0.4, 0.5) is 5.69 Å². The zero-order chi connectivity index (χ0) is 13.0. The summed E-state index contributed by atoms with van der Waals surface area (Å²) >= 11 is 0. The first-order chi connectivity index (χ1) is 8.72. The second-order valence-corrected chi connectivity index (χ2v) is 5.02. The third kappa shape index (κ3) is 2.91. The van der Waals surface area contributed by atoms with Crippen molar-refractivity contribution < 1.29 is 4.79 Å². The highest BCUT2D eigenvalue weighted by Crippen LogP contribution is 2.24. The van der Waals surface area contributed by atoms with Gasteiger partial charge in [0.2, 0.25) is 5.91 Å². The van der Waals surface area contributed by atoms with Gasteiger partial charge < -0.3 is 10.2 Å². The normalized spacial score (nSPS) is 19.2. The van der Waals surface area contributed by atoms with Gasteiger partial charge in [-0.15, -0.1) is 0 Å². The number of hydrogen-bond donors (Lipinski definition) is 1. The number of amides is 1. The number of para-hydroxylation sites is 1. The highest BCUT2D eigenvalue weighted by molar-refractivity contribution is 5.94. The molecule has 0 bridgehead atoms. The van der Waals surface area contributed by atoms with Crippen LogP contribution >= 0.6 is 0 Å². The zero-order valence-corrected chi connectivity index (χ0v) is 11.3. The van der Waals surface area contributed by atoms with E-state index in [1.807, 2.05) is 17.0 Å². The van der Waals surface area contributed by atoms with E-state index >= 15 is 0 Å². The van der Waals surface area contributed by atoms with Crippen molar-refractivity contribution in [2.24, 2.45) is 0 Å². The standard InChI is InChI=1S/C15H22N2O/c1-3-4-9-15(18)17-11-12(2)16-10-13-7-5-6-8-14(13)17/h5-8,12,16H,3-4,9-11H2,1-2H3. The largest absolute Gasteiger partial charge is 0.311 e. The van der Waals surface area contributed by atoms with Crippen LogP contribution in [0.2, 0.25) is 0 Å². The first-order valence-electron chi connectivity index (χ1n) is 6.84. The second kappa shape index (κ2) is 6.01. The number of nitrogens with zero attached hydrogens (tertiary/aromatic N) is 1. The van der Waals surface area contributed by atoms with Crippen molar-refractivity contribution in [2.45, 2.75) is 45.7 Å². The maximum absolute atomic E-state index is 12.3. The molecule has 1 aromatic rings. The Hall–Kier alpha value is -1.35. The van der Waals surface area contributed by atoms with Crippen molar-refractivity contribution in [2.75, 3.05) is 11.4 Å². The van der Waals surface area contributed by atoms with E-state index in [-0.39, 0.29) is 5.91 Å². The molecule has 2 rings (SSSR count). The van der Waals surface area contributed by atoms with Crippen LogP contribution in [-0.2, 0) is 11.3 Å². The molecule has 1 aromatic carbocycles. The topological polar surface area (TPSA) is 32.3 Å². The number of unbranched alkanes of at least 4 members (excludes halogenated alkanes) is 1. The molecule has 0 spiro atoms. The van der Waals surface area contributed by atoms with Gasteiger partial charge in [0.05, 0.1) is 0 Å². The fourth-order valence-corrected chi connectivity index (χ4v) is 2.34. The molecule has 0 fully saturated rings. The molecule has 1 amide bonds. The number of anilines is 1. The molecule has 0 radical (unpaired) electrons. The Balaban J connectivity index is 2.23. The van der Waals surface area contributed by atoms with E-state index in [0.717, 1.165) is 31.6 Å². The maximum Gasteiger partial charge on any atom is 0.227 e. The van der Waals surface area contributed by atoms with Crippen LogP contribution in [0.5, 0.6) is 0 Å². The van der Waals surface area contributed by atoms with E-state index < -0.39 is 0 Å².